The van der Waals surface area contributed by atoms with Gasteiger partial charge in [0.25, 0.3) is 0 Å². The minimum absolute atomic E-state index is 0.103. The molecule has 128 valence electrons. The Morgan fingerprint density at radius 2 is 2.04 bits per heavy atom. The van der Waals surface area contributed by atoms with Crippen LogP contribution in [-0.2, 0) is 9.53 Å². The van der Waals surface area contributed by atoms with Gasteiger partial charge in [-0.05, 0) is 62.7 Å². The van der Waals surface area contributed by atoms with E-state index in [0.29, 0.717) is 17.3 Å². The first kappa shape index (κ1) is 15.7. The number of carbonyl (C=O) groups is 1. The van der Waals surface area contributed by atoms with Crippen LogP contribution >= 0.6 is 0 Å². The first-order valence-electron chi connectivity index (χ1n) is 9.78. The number of carbonyl (C=O) groups excluding carboxylic acids is 1. The van der Waals surface area contributed by atoms with Gasteiger partial charge in [-0.3, -0.25) is 4.79 Å². The van der Waals surface area contributed by atoms with Crippen molar-refractivity contribution in [3.05, 3.63) is 12.2 Å². The third-order valence-corrected chi connectivity index (χ3v) is 7.39. The van der Waals surface area contributed by atoms with Crippen molar-refractivity contribution in [2.75, 3.05) is 19.6 Å². The van der Waals surface area contributed by atoms with Gasteiger partial charge in [0.2, 0.25) is 0 Å². The fourth-order valence-electron chi connectivity index (χ4n) is 6.06. The lowest BCUT2D eigenvalue weighted by atomic mass is 9.55. The van der Waals surface area contributed by atoms with E-state index in [1.165, 1.54) is 57.2 Å². The molecule has 1 N–H and O–H groups in total. The Morgan fingerprint density at radius 3 is 2.83 bits per heavy atom. The third kappa shape index (κ3) is 2.75. The minimum atomic E-state index is 0.103. The molecule has 3 heteroatoms. The molecule has 0 radical (unpaired) electrons. The minimum Gasteiger partial charge on any atom is -0.462 e. The number of quaternary nitrogens is 1. The molecule has 0 unspecified atom stereocenters. The van der Waals surface area contributed by atoms with E-state index in [9.17, 15) is 4.79 Å². The molecule has 2 aliphatic heterocycles. The average molecular weight is 318 g/mol. The van der Waals surface area contributed by atoms with Crippen LogP contribution in [0.25, 0.3) is 0 Å². The van der Waals surface area contributed by atoms with Crippen LogP contribution in [-0.4, -0.2) is 31.7 Å². The maximum absolute atomic E-state index is 12.5. The number of hydrogen-bond acceptors (Lipinski definition) is 2. The molecule has 2 aliphatic carbocycles. The summed E-state index contributed by atoms with van der Waals surface area (Å²) in [5.41, 5.74) is 1.77. The first-order valence-corrected chi connectivity index (χ1v) is 9.78. The van der Waals surface area contributed by atoms with E-state index < -0.39 is 0 Å². The monoisotopic (exact) mass is 318 g/mol. The fourth-order valence-corrected chi connectivity index (χ4v) is 6.06. The van der Waals surface area contributed by atoms with Crippen LogP contribution in [0, 0.1) is 23.2 Å². The number of hydrogen-bond donors (Lipinski definition) is 1. The number of esters is 1. The highest BCUT2D eigenvalue weighted by Crippen LogP contribution is 2.56. The Kier molecular flexibility index (Phi) is 4.03. The lowest BCUT2D eigenvalue weighted by molar-refractivity contribution is -0.907. The fraction of sp³-hybridized carbons (Fsp3) is 0.850. The SMILES string of the molecule is C=C1CCC[C@]2(C)C[C@H]3OC(=O)[C@@H](C[NH+]4CCCCC4)[C@H]3C[C@H]12. The van der Waals surface area contributed by atoms with Gasteiger partial charge in [0.15, 0.2) is 0 Å². The van der Waals surface area contributed by atoms with Crippen molar-refractivity contribution >= 4 is 5.97 Å². The van der Waals surface area contributed by atoms with Crippen molar-refractivity contribution in [3.63, 3.8) is 0 Å². The van der Waals surface area contributed by atoms with E-state index in [-0.39, 0.29) is 18.0 Å². The van der Waals surface area contributed by atoms with Crippen LogP contribution in [0.5, 0.6) is 0 Å². The molecule has 2 saturated carbocycles. The first-order chi connectivity index (χ1) is 11.1. The number of fused-ring (bicyclic) bond motifs is 2. The molecule has 0 amide bonds. The summed E-state index contributed by atoms with van der Waals surface area (Å²) < 4.78 is 5.89. The van der Waals surface area contributed by atoms with E-state index >= 15 is 0 Å². The number of ether oxygens (including phenoxy) is 1. The summed E-state index contributed by atoms with van der Waals surface area (Å²) in [7, 11) is 0. The van der Waals surface area contributed by atoms with Gasteiger partial charge in [-0.15, -0.1) is 0 Å². The Balaban J connectivity index is 1.50. The quantitative estimate of drug-likeness (QED) is 0.626. The zero-order valence-electron chi connectivity index (χ0n) is 14.6. The molecule has 2 heterocycles. The molecular formula is C20H32NO2+. The normalized spacial score (nSPS) is 44.6. The number of allylic oxidation sites excluding steroid dienone is 1. The van der Waals surface area contributed by atoms with Crippen molar-refractivity contribution in [1.29, 1.82) is 0 Å². The average Bonchev–Trinajstić information content (AvgIpc) is 2.81. The Morgan fingerprint density at radius 1 is 1.26 bits per heavy atom. The van der Waals surface area contributed by atoms with Gasteiger partial charge in [-0.25, -0.2) is 0 Å². The molecule has 0 bridgehead atoms. The molecule has 2 saturated heterocycles. The molecule has 0 aromatic heterocycles. The van der Waals surface area contributed by atoms with Gasteiger partial charge in [0, 0.05) is 5.92 Å². The number of likely N-dealkylation sites (tertiary alicyclic amines) is 1. The molecule has 4 fully saturated rings. The number of piperidine rings is 1. The lowest BCUT2D eigenvalue weighted by Gasteiger charge is -2.50. The van der Waals surface area contributed by atoms with Crippen molar-refractivity contribution in [2.45, 2.75) is 64.4 Å². The van der Waals surface area contributed by atoms with Gasteiger partial charge < -0.3 is 9.64 Å². The molecule has 0 aromatic rings. The van der Waals surface area contributed by atoms with Crippen LogP contribution in [0.4, 0.5) is 0 Å². The maximum atomic E-state index is 12.5. The standard InChI is InChI=1S/C20H31NO2/c1-14-7-6-8-20(2)12-18-15(11-17(14)20)16(19(22)23-18)13-21-9-4-3-5-10-21/h15-18H,1,3-13H2,2H3/p+1/t15-,16+,17-,18-,20-/m1/s1. The van der Waals surface area contributed by atoms with Crippen molar-refractivity contribution < 1.29 is 14.4 Å². The zero-order chi connectivity index (χ0) is 16.0. The highest BCUT2D eigenvalue weighted by atomic mass is 16.6. The second-order valence-corrected chi connectivity index (χ2v) is 8.92. The summed E-state index contributed by atoms with van der Waals surface area (Å²) >= 11 is 0. The van der Waals surface area contributed by atoms with Crippen LogP contribution < -0.4 is 4.90 Å². The Labute approximate surface area is 140 Å². The smallest absolute Gasteiger partial charge is 0.315 e. The van der Waals surface area contributed by atoms with Crippen molar-refractivity contribution in [3.8, 4) is 0 Å². The largest absolute Gasteiger partial charge is 0.462 e. The molecular weight excluding hydrogens is 286 g/mol. The summed E-state index contributed by atoms with van der Waals surface area (Å²) in [6.45, 7) is 10.3. The highest BCUT2D eigenvalue weighted by Gasteiger charge is 2.55. The van der Waals surface area contributed by atoms with Gasteiger partial charge >= 0.3 is 5.97 Å². The predicted octanol–water partition coefficient (Wildman–Crippen LogP) is 2.37. The second kappa shape index (κ2) is 5.91. The van der Waals surface area contributed by atoms with E-state index in [1.807, 2.05) is 0 Å². The predicted molar refractivity (Wildman–Crippen MR) is 90.1 cm³/mol. The third-order valence-electron chi connectivity index (χ3n) is 7.39. The Hall–Kier alpha value is -0.830. The summed E-state index contributed by atoms with van der Waals surface area (Å²) in [6, 6.07) is 0. The van der Waals surface area contributed by atoms with Crippen LogP contribution in [0.15, 0.2) is 12.2 Å². The molecule has 0 aromatic carbocycles. The van der Waals surface area contributed by atoms with Crippen LogP contribution in [0.1, 0.15) is 58.3 Å². The van der Waals surface area contributed by atoms with E-state index in [4.69, 9.17) is 4.74 Å². The summed E-state index contributed by atoms with van der Waals surface area (Å²) in [5.74, 6) is 1.31. The summed E-state index contributed by atoms with van der Waals surface area (Å²) in [6.07, 6.45) is 10.1. The highest BCUT2D eigenvalue weighted by molar-refractivity contribution is 5.75. The van der Waals surface area contributed by atoms with E-state index in [2.05, 4.69) is 13.5 Å². The van der Waals surface area contributed by atoms with Crippen molar-refractivity contribution in [2.24, 2.45) is 23.2 Å². The van der Waals surface area contributed by atoms with Gasteiger partial charge in [-0.2, -0.15) is 0 Å². The van der Waals surface area contributed by atoms with Gasteiger partial charge in [0.05, 0.1) is 19.6 Å². The zero-order valence-corrected chi connectivity index (χ0v) is 14.6. The van der Waals surface area contributed by atoms with E-state index in [0.717, 1.165) is 19.4 Å². The summed E-state index contributed by atoms with van der Waals surface area (Å²) in [5, 5.41) is 0. The molecule has 23 heavy (non-hydrogen) atoms. The van der Waals surface area contributed by atoms with Gasteiger partial charge in [0.1, 0.15) is 12.0 Å². The number of rotatable bonds is 2. The topological polar surface area (TPSA) is 30.7 Å². The second-order valence-electron chi connectivity index (χ2n) is 8.92. The number of nitrogens with one attached hydrogen (secondary N) is 1. The maximum Gasteiger partial charge on any atom is 0.315 e. The molecule has 4 rings (SSSR count). The molecule has 5 atom stereocenters. The van der Waals surface area contributed by atoms with Crippen molar-refractivity contribution in [1.82, 2.24) is 0 Å². The molecule has 3 nitrogen and oxygen atoms in total. The Bertz CT molecular complexity index is 496. The van der Waals surface area contributed by atoms with E-state index in [1.54, 1.807) is 4.90 Å². The van der Waals surface area contributed by atoms with Gasteiger partial charge in [-0.1, -0.05) is 19.1 Å². The summed E-state index contributed by atoms with van der Waals surface area (Å²) in [4.78, 5) is 14.2. The molecule has 0 spiro atoms. The lowest BCUT2D eigenvalue weighted by Crippen LogP contribution is -3.13. The van der Waals surface area contributed by atoms with Crippen LogP contribution in [0.2, 0.25) is 0 Å². The van der Waals surface area contributed by atoms with Crippen LogP contribution in [0.3, 0.4) is 0 Å². The molecule has 4 aliphatic rings.